The van der Waals surface area contributed by atoms with Gasteiger partial charge in [-0.2, -0.15) is 0 Å². The number of hydrogen-bond acceptors (Lipinski definition) is 1. The summed E-state index contributed by atoms with van der Waals surface area (Å²) >= 11 is 0. The van der Waals surface area contributed by atoms with Crippen LogP contribution in [0.5, 0.6) is 0 Å². The summed E-state index contributed by atoms with van der Waals surface area (Å²) < 4.78 is 0. The van der Waals surface area contributed by atoms with Gasteiger partial charge >= 0.3 is 0 Å². The lowest BCUT2D eigenvalue weighted by molar-refractivity contribution is -0.124. The summed E-state index contributed by atoms with van der Waals surface area (Å²) in [6.07, 6.45) is 5.78. The van der Waals surface area contributed by atoms with Gasteiger partial charge in [0, 0.05) is 18.7 Å². The molecule has 13 heavy (non-hydrogen) atoms. The monoisotopic (exact) mass is 175 g/mol. The molecule has 0 bridgehead atoms. The van der Waals surface area contributed by atoms with E-state index >= 15 is 0 Å². The first-order chi connectivity index (χ1) is 6.29. The van der Waals surface area contributed by atoms with Crippen LogP contribution in [0.25, 0.3) is 0 Å². The summed E-state index contributed by atoms with van der Waals surface area (Å²) in [6, 6.07) is 0. The van der Waals surface area contributed by atoms with Crippen molar-refractivity contribution in [2.45, 2.75) is 13.3 Å². The predicted octanol–water partition coefficient (Wildman–Crippen LogP) is 1.35. The third kappa shape index (κ3) is 0.916. The van der Waals surface area contributed by atoms with Crippen LogP contribution in [0.2, 0.25) is 0 Å². The predicted molar refractivity (Wildman–Crippen MR) is 50.0 cm³/mol. The molecule has 0 radical (unpaired) electrons. The number of amides is 1. The lowest BCUT2D eigenvalue weighted by atomic mass is 10.0. The number of fused-ring (bicyclic) bond motifs is 2. The zero-order valence-corrected chi connectivity index (χ0v) is 7.79. The Kier molecular flexibility index (Phi) is 1.27. The first-order valence-electron chi connectivity index (χ1n) is 5.01. The maximum absolute atomic E-state index is 11.8. The topological polar surface area (TPSA) is 20.3 Å². The van der Waals surface area contributed by atoms with E-state index in [1.165, 1.54) is 12.0 Å². The minimum atomic E-state index is 0.249. The molecule has 0 spiro atoms. The molecule has 2 aliphatic carbocycles. The Balaban J connectivity index is 1.99. The average Bonchev–Trinajstić information content (AvgIpc) is 2.82. The van der Waals surface area contributed by atoms with Crippen molar-refractivity contribution in [3.8, 4) is 0 Å². The lowest BCUT2D eigenvalue weighted by Gasteiger charge is -2.09. The van der Waals surface area contributed by atoms with E-state index in [1.54, 1.807) is 0 Å². The molecule has 2 unspecified atom stereocenters. The van der Waals surface area contributed by atoms with E-state index in [-0.39, 0.29) is 5.91 Å². The fourth-order valence-electron chi connectivity index (χ4n) is 2.34. The first kappa shape index (κ1) is 7.36. The largest absolute Gasteiger partial charge is 0.335 e. The second-order valence-corrected chi connectivity index (χ2v) is 4.15. The molecule has 68 valence electrons. The minimum absolute atomic E-state index is 0.249. The van der Waals surface area contributed by atoms with Gasteiger partial charge in [0.25, 0.3) is 5.91 Å². The number of hydrogen-bond donors (Lipinski definition) is 0. The number of nitrogens with zero attached hydrogens (tertiary/aromatic N) is 1. The summed E-state index contributed by atoms with van der Waals surface area (Å²) in [5.74, 6) is 1.71. The van der Waals surface area contributed by atoms with Crippen LogP contribution in [0.4, 0.5) is 0 Å². The fourth-order valence-corrected chi connectivity index (χ4v) is 2.34. The normalized spacial score (nSPS) is 35.2. The first-order valence-corrected chi connectivity index (χ1v) is 5.01. The molecule has 1 saturated heterocycles. The summed E-state index contributed by atoms with van der Waals surface area (Å²) in [5, 5.41) is 0. The molecular weight excluding hydrogens is 162 g/mol. The van der Waals surface area contributed by atoms with Gasteiger partial charge in [-0.3, -0.25) is 4.79 Å². The standard InChI is InChI=1S/C11H13NO/c1-2-12-6-9-4-7-3-8(7)5-10(9)11(12)13/h4-5,7-8H,2-3,6H2,1H3. The zero-order chi connectivity index (χ0) is 9.00. The molecule has 2 heteroatoms. The van der Waals surface area contributed by atoms with Gasteiger partial charge in [0.05, 0.1) is 0 Å². The van der Waals surface area contributed by atoms with E-state index < -0.39 is 0 Å². The molecule has 1 saturated carbocycles. The number of likely N-dealkylation sites (N-methyl/N-ethyl adjacent to an activating group) is 1. The molecule has 0 aromatic rings. The van der Waals surface area contributed by atoms with Gasteiger partial charge in [0.15, 0.2) is 0 Å². The molecule has 0 N–H and O–H groups in total. The van der Waals surface area contributed by atoms with Gasteiger partial charge in [-0.25, -0.2) is 0 Å². The fraction of sp³-hybridized carbons (Fsp3) is 0.545. The van der Waals surface area contributed by atoms with Crippen molar-refractivity contribution in [1.82, 2.24) is 4.90 Å². The zero-order valence-electron chi connectivity index (χ0n) is 7.79. The summed E-state index contributed by atoms with van der Waals surface area (Å²) in [5.41, 5.74) is 2.28. The van der Waals surface area contributed by atoms with Crippen LogP contribution >= 0.6 is 0 Å². The van der Waals surface area contributed by atoms with Crippen molar-refractivity contribution in [1.29, 1.82) is 0 Å². The Hall–Kier alpha value is -1.05. The molecule has 1 heterocycles. The van der Waals surface area contributed by atoms with E-state index in [0.717, 1.165) is 24.6 Å². The Morgan fingerprint density at radius 1 is 1.46 bits per heavy atom. The number of rotatable bonds is 1. The van der Waals surface area contributed by atoms with Crippen molar-refractivity contribution in [2.75, 3.05) is 13.1 Å². The summed E-state index contributed by atoms with van der Waals surface area (Å²) in [7, 11) is 0. The van der Waals surface area contributed by atoms with Gasteiger partial charge < -0.3 is 4.90 Å². The van der Waals surface area contributed by atoms with Crippen LogP contribution in [-0.2, 0) is 4.79 Å². The quantitative estimate of drug-likeness (QED) is 0.589. The average molecular weight is 175 g/mol. The van der Waals surface area contributed by atoms with Crippen molar-refractivity contribution >= 4 is 5.91 Å². The lowest BCUT2D eigenvalue weighted by Crippen LogP contribution is -2.24. The summed E-state index contributed by atoms with van der Waals surface area (Å²) in [6.45, 7) is 3.73. The van der Waals surface area contributed by atoms with Crippen LogP contribution in [-0.4, -0.2) is 23.9 Å². The van der Waals surface area contributed by atoms with E-state index in [9.17, 15) is 4.79 Å². The van der Waals surface area contributed by atoms with Crippen LogP contribution in [0.3, 0.4) is 0 Å². The molecular formula is C11H13NO. The third-order valence-electron chi connectivity index (χ3n) is 3.29. The highest BCUT2D eigenvalue weighted by molar-refractivity contribution is 6.01. The van der Waals surface area contributed by atoms with Crippen molar-refractivity contribution in [3.63, 3.8) is 0 Å². The van der Waals surface area contributed by atoms with E-state index in [2.05, 4.69) is 12.2 Å². The Labute approximate surface area is 77.9 Å². The van der Waals surface area contributed by atoms with Crippen molar-refractivity contribution < 1.29 is 4.79 Å². The third-order valence-corrected chi connectivity index (χ3v) is 3.29. The number of carbonyl (C=O) groups excluding carboxylic acids is 1. The smallest absolute Gasteiger partial charge is 0.254 e. The highest BCUT2D eigenvalue weighted by Gasteiger charge is 2.42. The molecule has 1 amide bonds. The number of likely N-dealkylation sites (tertiary alicyclic amines) is 1. The maximum Gasteiger partial charge on any atom is 0.254 e. The van der Waals surface area contributed by atoms with Crippen molar-refractivity contribution in [2.24, 2.45) is 11.8 Å². The van der Waals surface area contributed by atoms with E-state index in [4.69, 9.17) is 0 Å². The minimum Gasteiger partial charge on any atom is -0.335 e. The highest BCUT2D eigenvalue weighted by Crippen LogP contribution is 2.47. The van der Waals surface area contributed by atoms with E-state index in [0.29, 0.717) is 5.92 Å². The second-order valence-electron chi connectivity index (χ2n) is 4.15. The maximum atomic E-state index is 11.8. The molecule has 2 atom stereocenters. The van der Waals surface area contributed by atoms with Crippen molar-refractivity contribution in [3.05, 3.63) is 23.3 Å². The molecule has 1 aliphatic heterocycles. The van der Waals surface area contributed by atoms with Gasteiger partial charge in [-0.05, 0) is 30.8 Å². The second kappa shape index (κ2) is 2.25. The van der Waals surface area contributed by atoms with E-state index in [1.807, 2.05) is 11.8 Å². The molecule has 2 fully saturated rings. The number of carbonyl (C=O) groups is 1. The van der Waals surface area contributed by atoms with Gasteiger partial charge in [-0.1, -0.05) is 12.2 Å². The Morgan fingerprint density at radius 2 is 2.23 bits per heavy atom. The molecule has 0 aromatic heterocycles. The molecule has 2 nitrogen and oxygen atoms in total. The molecule has 3 rings (SSSR count). The highest BCUT2D eigenvalue weighted by atomic mass is 16.2. The van der Waals surface area contributed by atoms with Crippen LogP contribution < -0.4 is 0 Å². The van der Waals surface area contributed by atoms with Crippen LogP contribution in [0, 0.1) is 11.8 Å². The van der Waals surface area contributed by atoms with Gasteiger partial charge in [-0.15, -0.1) is 0 Å². The summed E-state index contributed by atoms with van der Waals surface area (Å²) in [4.78, 5) is 13.7. The van der Waals surface area contributed by atoms with Crippen LogP contribution in [0.1, 0.15) is 13.3 Å². The van der Waals surface area contributed by atoms with Gasteiger partial charge in [0.2, 0.25) is 0 Å². The van der Waals surface area contributed by atoms with Crippen LogP contribution in [0.15, 0.2) is 23.3 Å². The molecule has 3 aliphatic rings. The SMILES string of the molecule is CCN1CC2=CC3CC3C=C2C1=O. The Morgan fingerprint density at radius 3 is 3.00 bits per heavy atom. The molecule has 0 aromatic carbocycles. The Bertz CT molecular complexity index is 340. The van der Waals surface area contributed by atoms with Gasteiger partial charge in [0.1, 0.15) is 0 Å². The number of allylic oxidation sites excluding steroid dienone is 2.